The van der Waals surface area contributed by atoms with Gasteiger partial charge >= 0.3 is 0 Å². The molecule has 0 aliphatic heterocycles. The number of anilines is 4. The molecule has 0 radical (unpaired) electrons. The summed E-state index contributed by atoms with van der Waals surface area (Å²) in [5, 5.41) is 17.0. The van der Waals surface area contributed by atoms with E-state index in [0.717, 1.165) is 12.1 Å². The van der Waals surface area contributed by atoms with Gasteiger partial charge in [-0.25, -0.2) is 9.97 Å². The summed E-state index contributed by atoms with van der Waals surface area (Å²) >= 11 is 0. The van der Waals surface area contributed by atoms with Crippen molar-refractivity contribution in [3.05, 3.63) is 107 Å². The Labute approximate surface area is 213 Å². The van der Waals surface area contributed by atoms with Crippen molar-refractivity contribution in [1.29, 1.82) is 0 Å². The number of aromatic nitrogens is 3. The van der Waals surface area contributed by atoms with Crippen molar-refractivity contribution in [2.75, 3.05) is 28.6 Å². The fourth-order valence-electron chi connectivity index (χ4n) is 4.17. The van der Waals surface area contributed by atoms with E-state index in [0.29, 0.717) is 30.7 Å². The second-order valence-corrected chi connectivity index (χ2v) is 8.62. The molecule has 2 unspecified atom stereocenters. The fourth-order valence-corrected chi connectivity index (χ4v) is 4.17. The number of rotatable bonds is 10. The van der Waals surface area contributed by atoms with Crippen LogP contribution >= 0.6 is 0 Å². The zero-order valence-electron chi connectivity index (χ0n) is 19.9. The summed E-state index contributed by atoms with van der Waals surface area (Å²) in [5.74, 6) is 1.53. The maximum Gasteiger partial charge on any atom is 0.287 e. The Morgan fingerprint density at radius 2 is 1.68 bits per heavy atom. The molecule has 1 fully saturated rings. The molecule has 186 valence electrons. The molecule has 0 spiro atoms. The molecule has 10 heteroatoms. The van der Waals surface area contributed by atoms with Crippen LogP contribution in [0.2, 0.25) is 0 Å². The molecule has 0 bridgehead atoms. The summed E-state index contributed by atoms with van der Waals surface area (Å²) in [4.78, 5) is 38.5. The summed E-state index contributed by atoms with van der Waals surface area (Å²) in [6.45, 7) is 0.959. The highest BCUT2D eigenvalue weighted by atomic mass is 16.6. The van der Waals surface area contributed by atoms with E-state index in [-0.39, 0.29) is 23.4 Å². The highest BCUT2D eigenvalue weighted by molar-refractivity contribution is 6.03. The van der Waals surface area contributed by atoms with Crippen LogP contribution in [0.25, 0.3) is 0 Å². The third-order valence-corrected chi connectivity index (χ3v) is 6.11. The molecule has 2 aromatic heterocycles. The minimum absolute atomic E-state index is 0.00983. The minimum atomic E-state index is -0.489. The second kappa shape index (κ2) is 10.8. The number of pyridine rings is 1. The number of para-hydroxylation sites is 1. The molecule has 1 aliphatic carbocycles. The Bertz CT molecular complexity index is 1370. The Morgan fingerprint density at radius 1 is 0.946 bits per heavy atom. The first-order chi connectivity index (χ1) is 18.1. The summed E-state index contributed by atoms with van der Waals surface area (Å²) in [7, 11) is 0. The van der Waals surface area contributed by atoms with Gasteiger partial charge in [0.15, 0.2) is 0 Å². The molecular weight excluding hydrogens is 470 g/mol. The number of amides is 1. The number of hydrogen-bond donors (Lipinski definition) is 2. The summed E-state index contributed by atoms with van der Waals surface area (Å²) in [5.41, 5.74) is 1.86. The molecule has 2 heterocycles. The number of carbonyl (C=O) groups excluding carboxylic acids is 1. The molecule has 0 saturated heterocycles. The molecule has 2 atom stereocenters. The number of nitrogens with one attached hydrogen (secondary N) is 2. The summed E-state index contributed by atoms with van der Waals surface area (Å²) < 4.78 is 0. The Morgan fingerprint density at radius 3 is 2.38 bits per heavy atom. The van der Waals surface area contributed by atoms with Crippen LogP contribution in [0.15, 0.2) is 91.3 Å². The monoisotopic (exact) mass is 495 g/mol. The Balaban J connectivity index is 1.26. The van der Waals surface area contributed by atoms with Crippen molar-refractivity contribution in [2.24, 2.45) is 5.92 Å². The van der Waals surface area contributed by atoms with Crippen LogP contribution in [-0.2, 0) is 4.79 Å². The maximum absolute atomic E-state index is 13.7. The van der Waals surface area contributed by atoms with Gasteiger partial charge in [-0.1, -0.05) is 48.5 Å². The first-order valence-electron chi connectivity index (χ1n) is 12.0. The highest BCUT2D eigenvalue weighted by Crippen LogP contribution is 2.49. The Hall–Kier alpha value is -4.86. The van der Waals surface area contributed by atoms with E-state index in [1.54, 1.807) is 23.2 Å². The van der Waals surface area contributed by atoms with Crippen molar-refractivity contribution < 1.29 is 9.72 Å². The van der Waals surface area contributed by atoms with Gasteiger partial charge in [0.05, 0.1) is 10.6 Å². The van der Waals surface area contributed by atoms with Crippen LogP contribution in [0, 0.1) is 16.0 Å². The van der Waals surface area contributed by atoms with Crippen molar-refractivity contribution in [1.82, 2.24) is 15.0 Å². The largest absolute Gasteiger partial charge is 0.368 e. The van der Waals surface area contributed by atoms with Gasteiger partial charge in [-0.05, 0) is 36.1 Å². The van der Waals surface area contributed by atoms with Gasteiger partial charge in [0.1, 0.15) is 17.8 Å². The smallest absolute Gasteiger partial charge is 0.287 e. The highest BCUT2D eigenvalue weighted by Gasteiger charge is 2.46. The Kier molecular flexibility index (Phi) is 6.98. The number of nitro groups is 1. The van der Waals surface area contributed by atoms with Crippen LogP contribution in [0.5, 0.6) is 0 Å². The molecule has 1 aliphatic rings. The van der Waals surface area contributed by atoms with E-state index < -0.39 is 4.92 Å². The number of hydrogen-bond acceptors (Lipinski definition) is 8. The first-order valence-corrected chi connectivity index (χ1v) is 12.0. The quantitative estimate of drug-likeness (QED) is 0.183. The molecular formula is C27H25N7O3. The standard InChI is InChI=1S/C27H25N7O3/c35-26(23-17-22(23)19-7-3-1-4-8-19)33(20-9-5-2-6-10-20)25-13-14-29-27(32-25)30-16-15-28-24-12-11-21(18-31-24)34(36)37/h1-14,18,22-23H,15-17H2,(H,28,31)(H,29,30,32). The SMILES string of the molecule is O=C(C1CC1c1ccccc1)N(c1ccccc1)c1ccnc(NCCNc2ccc([N+](=O)[O-])cn2)n1. The van der Waals surface area contributed by atoms with E-state index in [1.165, 1.54) is 17.8 Å². The second-order valence-electron chi connectivity index (χ2n) is 8.62. The maximum atomic E-state index is 13.7. The van der Waals surface area contributed by atoms with Gasteiger partial charge in [0, 0.05) is 37.3 Å². The van der Waals surface area contributed by atoms with Gasteiger partial charge in [0.2, 0.25) is 11.9 Å². The lowest BCUT2D eigenvalue weighted by atomic mass is 10.1. The van der Waals surface area contributed by atoms with Crippen LogP contribution in [-0.4, -0.2) is 38.9 Å². The van der Waals surface area contributed by atoms with Gasteiger partial charge < -0.3 is 10.6 Å². The number of benzene rings is 2. The minimum Gasteiger partial charge on any atom is -0.368 e. The lowest BCUT2D eigenvalue weighted by Crippen LogP contribution is -2.29. The van der Waals surface area contributed by atoms with Crippen LogP contribution < -0.4 is 15.5 Å². The third-order valence-electron chi connectivity index (χ3n) is 6.11. The first kappa shape index (κ1) is 23.9. The zero-order valence-corrected chi connectivity index (χ0v) is 19.9. The van der Waals surface area contributed by atoms with Crippen LogP contribution in [0.3, 0.4) is 0 Å². The summed E-state index contributed by atoms with van der Waals surface area (Å²) in [6, 6.07) is 24.3. The zero-order chi connectivity index (χ0) is 25.6. The van der Waals surface area contributed by atoms with Crippen molar-refractivity contribution >= 4 is 34.9 Å². The number of nitrogens with zero attached hydrogens (tertiary/aromatic N) is 5. The summed E-state index contributed by atoms with van der Waals surface area (Å²) in [6.07, 6.45) is 3.64. The topological polar surface area (TPSA) is 126 Å². The molecule has 10 nitrogen and oxygen atoms in total. The molecule has 2 aromatic carbocycles. The van der Waals surface area contributed by atoms with E-state index in [2.05, 4.69) is 37.7 Å². The predicted octanol–water partition coefficient (Wildman–Crippen LogP) is 4.77. The molecule has 1 amide bonds. The fraction of sp³-hybridized carbons (Fsp3) is 0.185. The average Bonchev–Trinajstić information content (AvgIpc) is 3.74. The molecule has 5 rings (SSSR count). The van der Waals surface area contributed by atoms with E-state index in [4.69, 9.17) is 0 Å². The van der Waals surface area contributed by atoms with Crippen molar-refractivity contribution in [3.8, 4) is 0 Å². The van der Waals surface area contributed by atoms with Crippen molar-refractivity contribution in [2.45, 2.75) is 12.3 Å². The molecule has 1 saturated carbocycles. The van der Waals surface area contributed by atoms with E-state index >= 15 is 0 Å². The third kappa shape index (κ3) is 5.69. The number of carbonyl (C=O) groups is 1. The van der Waals surface area contributed by atoms with Crippen molar-refractivity contribution in [3.63, 3.8) is 0 Å². The average molecular weight is 496 g/mol. The van der Waals surface area contributed by atoms with E-state index in [1.807, 2.05) is 48.5 Å². The predicted molar refractivity (Wildman–Crippen MR) is 141 cm³/mol. The van der Waals surface area contributed by atoms with Crippen LogP contribution in [0.4, 0.5) is 29.0 Å². The molecule has 2 N–H and O–H groups in total. The molecule has 4 aromatic rings. The normalized spacial score (nSPS) is 16.0. The molecule has 37 heavy (non-hydrogen) atoms. The van der Waals surface area contributed by atoms with Gasteiger partial charge in [-0.2, -0.15) is 4.98 Å². The van der Waals surface area contributed by atoms with Gasteiger partial charge in [0.25, 0.3) is 5.69 Å². The lowest BCUT2D eigenvalue weighted by molar-refractivity contribution is -0.385. The lowest BCUT2D eigenvalue weighted by Gasteiger charge is -2.22. The van der Waals surface area contributed by atoms with E-state index in [9.17, 15) is 14.9 Å². The van der Waals surface area contributed by atoms with Gasteiger partial charge in [-0.15, -0.1) is 0 Å². The van der Waals surface area contributed by atoms with Crippen LogP contribution in [0.1, 0.15) is 17.9 Å². The van der Waals surface area contributed by atoms with Gasteiger partial charge in [-0.3, -0.25) is 19.8 Å².